The van der Waals surface area contributed by atoms with Crippen molar-refractivity contribution in [3.05, 3.63) is 21.4 Å². The van der Waals surface area contributed by atoms with Gasteiger partial charge in [0.15, 0.2) is 0 Å². The number of amides is 1. The van der Waals surface area contributed by atoms with E-state index in [2.05, 4.69) is 17.2 Å². The summed E-state index contributed by atoms with van der Waals surface area (Å²) in [5.74, 6) is 5.95. The summed E-state index contributed by atoms with van der Waals surface area (Å²) in [6, 6.07) is 2.24. The summed E-state index contributed by atoms with van der Waals surface area (Å²) in [5, 5.41) is 11.9. The smallest absolute Gasteiger partial charge is 0.261 e. The highest BCUT2D eigenvalue weighted by Gasteiger charge is 2.18. The molecule has 1 aliphatic rings. The molecule has 0 saturated heterocycles. The summed E-state index contributed by atoms with van der Waals surface area (Å²) in [6.07, 6.45) is 6.38. The van der Waals surface area contributed by atoms with Crippen LogP contribution in [0.3, 0.4) is 0 Å². The molecular formula is C16H21NO2S. The summed E-state index contributed by atoms with van der Waals surface area (Å²) < 4.78 is 0. The largest absolute Gasteiger partial charge is 0.395 e. The lowest BCUT2D eigenvalue weighted by Gasteiger charge is -2.22. The van der Waals surface area contributed by atoms with Gasteiger partial charge >= 0.3 is 0 Å². The lowest BCUT2D eigenvalue weighted by molar-refractivity contribution is 0.0932. The molecule has 1 aromatic rings. The van der Waals surface area contributed by atoms with Gasteiger partial charge in [0.05, 0.1) is 16.4 Å². The summed E-state index contributed by atoms with van der Waals surface area (Å²) in [5.41, 5.74) is 1.04. The topological polar surface area (TPSA) is 49.3 Å². The Kier molecular flexibility index (Phi) is 5.63. The zero-order valence-corrected chi connectivity index (χ0v) is 12.7. The second-order valence-corrected chi connectivity index (χ2v) is 6.26. The quantitative estimate of drug-likeness (QED) is 0.841. The fraction of sp³-hybridized carbons (Fsp3) is 0.562. The summed E-state index contributed by atoms with van der Waals surface area (Å²) in [4.78, 5) is 13.9. The van der Waals surface area contributed by atoms with E-state index < -0.39 is 0 Å². The number of nitrogens with one attached hydrogen (secondary N) is 1. The molecule has 1 aromatic heterocycles. The van der Waals surface area contributed by atoms with Gasteiger partial charge in [-0.15, -0.1) is 11.3 Å². The van der Waals surface area contributed by atoms with Crippen LogP contribution in [0.1, 0.15) is 58.6 Å². The van der Waals surface area contributed by atoms with Gasteiger partial charge in [-0.2, -0.15) is 0 Å². The lowest BCUT2D eigenvalue weighted by Crippen LogP contribution is -2.35. The van der Waals surface area contributed by atoms with Crippen LogP contribution in [0.5, 0.6) is 0 Å². The number of aryl methyl sites for hydroxylation is 1. The maximum atomic E-state index is 12.2. The second kappa shape index (κ2) is 7.47. The Labute approximate surface area is 124 Å². The molecular weight excluding hydrogens is 270 g/mol. The fourth-order valence-electron chi connectivity index (χ4n) is 2.42. The first kappa shape index (κ1) is 15.1. The number of carbonyl (C=O) groups is 1. The van der Waals surface area contributed by atoms with Crippen molar-refractivity contribution in [3.8, 4) is 11.8 Å². The van der Waals surface area contributed by atoms with Gasteiger partial charge in [0.2, 0.25) is 0 Å². The average molecular weight is 291 g/mol. The minimum Gasteiger partial charge on any atom is -0.395 e. The number of hydrogen-bond acceptors (Lipinski definition) is 3. The molecule has 20 heavy (non-hydrogen) atoms. The third-order valence-electron chi connectivity index (χ3n) is 3.52. The SMILES string of the molecule is Cc1cc(C(=O)NC2CCCCC2)sc1C#CCCO. The molecule has 3 nitrogen and oxygen atoms in total. The van der Waals surface area contributed by atoms with E-state index in [1.807, 2.05) is 13.0 Å². The van der Waals surface area contributed by atoms with Gasteiger partial charge in [0.25, 0.3) is 5.91 Å². The molecule has 1 heterocycles. The van der Waals surface area contributed by atoms with Gasteiger partial charge < -0.3 is 10.4 Å². The molecule has 0 atom stereocenters. The molecule has 0 unspecified atom stereocenters. The zero-order chi connectivity index (χ0) is 14.4. The van der Waals surface area contributed by atoms with E-state index in [1.165, 1.54) is 30.6 Å². The van der Waals surface area contributed by atoms with E-state index >= 15 is 0 Å². The maximum absolute atomic E-state index is 12.2. The first-order valence-corrected chi connectivity index (χ1v) is 8.03. The Hall–Kier alpha value is -1.31. The van der Waals surface area contributed by atoms with E-state index in [-0.39, 0.29) is 12.5 Å². The average Bonchev–Trinajstić information content (AvgIpc) is 2.82. The van der Waals surface area contributed by atoms with Crippen molar-refractivity contribution in [1.29, 1.82) is 0 Å². The molecule has 1 fully saturated rings. The third-order valence-corrected chi connectivity index (χ3v) is 4.67. The molecule has 108 valence electrons. The van der Waals surface area contributed by atoms with E-state index in [4.69, 9.17) is 5.11 Å². The summed E-state index contributed by atoms with van der Waals surface area (Å²) in [7, 11) is 0. The van der Waals surface area contributed by atoms with Gasteiger partial charge in [-0.3, -0.25) is 4.79 Å². The van der Waals surface area contributed by atoms with E-state index in [1.54, 1.807) is 0 Å². The molecule has 2 N–H and O–H groups in total. The number of aliphatic hydroxyl groups excluding tert-OH is 1. The van der Waals surface area contributed by atoms with Crippen molar-refractivity contribution in [2.45, 2.75) is 51.5 Å². The highest BCUT2D eigenvalue weighted by atomic mass is 32.1. The number of hydrogen-bond donors (Lipinski definition) is 2. The lowest BCUT2D eigenvalue weighted by atomic mass is 9.95. The van der Waals surface area contributed by atoms with Crippen LogP contribution in [0.4, 0.5) is 0 Å². The molecule has 0 spiro atoms. The summed E-state index contributed by atoms with van der Waals surface area (Å²) >= 11 is 1.44. The Balaban J connectivity index is 1.99. The van der Waals surface area contributed by atoms with Crippen molar-refractivity contribution in [1.82, 2.24) is 5.32 Å². The fourth-order valence-corrected chi connectivity index (χ4v) is 3.37. The molecule has 0 aromatic carbocycles. The summed E-state index contributed by atoms with van der Waals surface area (Å²) in [6.45, 7) is 2.04. The number of aliphatic hydroxyl groups is 1. The number of carbonyl (C=O) groups excluding carboxylic acids is 1. The van der Waals surface area contributed by atoms with Gasteiger partial charge in [-0.05, 0) is 31.4 Å². The monoisotopic (exact) mass is 291 g/mol. The molecule has 0 aliphatic heterocycles. The first-order valence-electron chi connectivity index (χ1n) is 7.21. The zero-order valence-electron chi connectivity index (χ0n) is 11.9. The van der Waals surface area contributed by atoms with Crippen LogP contribution < -0.4 is 5.32 Å². The maximum Gasteiger partial charge on any atom is 0.261 e. The van der Waals surface area contributed by atoms with Crippen molar-refractivity contribution in [2.24, 2.45) is 0 Å². The van der Waals surface area contributed by atoms with Crippen LogP contribution in [-0.4, -0.2) is 23.7 Å². The van der Waals surface area contributed by atoms with E-state index in [9.17, 15) is 4.79 Å². The molecule has 2 rings (SSSR count). The van der Waals surface area contributed by atoms with Gasteiger partial charge in [-0.25, -0.2) is 0 Å². The highest BCUT2D eigenvalue weighted by Crippen LogP contribution is 2.22. The minimum atomic E-state index is 0.0280. The first-order chi connectivity index (χ1) is 9.70. The van der Waals surface area contributed by atoms with Crippen molar-refractivity contribution in [3.63, 3.8) is 0 Å². The van der Waals surface area contributed by atoms with Gasteiger partial charge in [0, 0.05) is 12.5 Å². The predicted octanol–water partition coefficient (Wildman–Crippen LogP) is 2.85. The van der Waals surface area contributed by atoms with E-state index in [0.717, 1.165) is 28.2 Å². The Morgan fingerprint density at radius 1 is 1.45 bits per heavy atom. The van der Waals surface area contributed by atoms with Crippen LogP contribution in [0.2, 0.25) is 0 Å². The predicted molar refractivity (Wildman–Crippen MR) is 82.0 cm³/mol. The molecule has 1 saturated carbocycles. The molecule has 1 aliphatic carbocycles. The van der Waals surface area contributed by atoms with Crippen LogP contribution in [-0.2, 0) is 0 Å². The number of rotatable bonds is 3. The highest BCUT2D eigenvalue weighted by molar-refractivity contribution is 7.14. The second-order valence-electron chi connectivity index (χ2n) is 5.21. The van der Waals surface area contributed by atoms with Crippen molar-refractivity contribution in [2.75, 3.05) is 6.61 Å². The normalized spacial score (nSPS) is 15.5. The van der Waals surface area contributed by atoms with Gasteiger partial charge in [-0.1, -0.05) is 31.1 Å². The van der Waals surface area contributed by atoms with Crippen molar-refractivity contribution < 1.29 is 9.90 Å². The minimum absolute atomic E-state index is 0.0280. The molecule has 1 amide bonds. The molecule has 4 heteroatoms. The van der Waals surface area contributed by atoms with Crippen LogP contribution >= 0.6 is 11.3 Å². The third kappa shape index (κ3) is 4.09. The molecule has 0 radical (unpaired) electrons. The Bertz CT molecular complexity index is 518. The van der Waals surface area contributed by atoms with Crippen LogP contribution in [0, 0.1) is 18.8 Å². The Morgan fingerprint density at radius 2 is 2.20 bits per heavy atom. The Morgan fingerprint density at radius 3 is 2.90 bits per heavy atom. The van der Waals surface area contributed by atoms with Crippen molar-refractivity contribution >= 4 is 17.2 Å². The standard InChI is InChI=1S/C16H21NO2S/c1-12-11-15(20-14(12)9-5-6-10-18)16(19)17-13-7-3-2-4-8-13/h11,13,18H,2-4,6-8,10H2,1H3,(H,17,19). The molecule has 0 bridgehead atoms. The van der Waals surface area contributed by atoms with Gasteiger partial charge in [0.1, 0.15) is 0 Å². The van der Waals surface area contributed by atoms with E-state index in [0.29, 0.717) is 12.5 Å². The van der Waals surface area contributed by atoms with Crippen LogP contribution in [0.25, 0.3) is 0 Å². The number of thiophene rings is 1. The van der Waals surface area contributed by atoms with Crippen LogP contribution in [0.15, 0.2) is 6.07 Å².